The topological polar surface area (TPSA) is 65.0 Å². The molecule has 2 aromatic rings. The Hall–Kier alpha value is -2.95. The normalized spacial score (nSPS) is 11.0. The van der Waals surface area contributed by atoms with Crippen molar-refractivity contribution in [2.24, 2.45) is 0 Å². The number of ether oxygens (including phenoxy) is 3. The standard InChI is InChI=1S/C19H20O5/c1-13(11-17(20)21)15-9-10-16(22-2)19(18(15)23-3)24-12-14-7-5-4-6-8-14/h4-11H,12H2,1-3H3,(H,20,21). The van der Waals surface area contributed by atoms with E-state index < -0.39 is 5.97 Å². The van der Waals surface area contributed by atoms with Gasteiger partial charge in [-0.2, -0.15) is 0 Å². The van der Waals surface area contributed by atoms with E-state index in [-0.39, 0.29) is 0 Å². The maximum Gasteiger partial charge on any atom is 0.328 e. The molecule has 2 aromatic carbocycles. The summed E-state index contributed by atoms with van der Waals surface area (Å²) in [5.41, 5.74) is 2.21. The zero-order valence-electron chi connectivity index (χ0n) is 13.9. The highest BCUT2D eigenvalue weighted by Gasteiger charge is 2.18. The van der Waals surface area contributed by atoms with Crippen LogP contribution in [0.3, 0.4) is 0 Å². The quantitative estimate of drug-likeness (QED) is 0.784. The lowest BCUT2D eigenvalue weighted by molar-refractivity contribution is -0.131. The summed E-state index contributed by atoms with van der Waals surface area (Å²) in [7, 11) is 3.06. The molecule has 0 saturated heterocycles. The van der Waals surface area contributed by atoms with Gasteiger partial charge in [-0.25, -0.2) is 4.79 Å². The molecule has 2 rings (SSSR count). The van der Waals surface area contributed by atoms with Gasteiger partial charge in [-0.05, 0) is 30.2 Å². The van der Waals surface area contributed by atoms with E-state index in [2.05, 4.69) is 0 Å². The van der Waals surface area contributed by atoms with E-state index in [0.717, 1.165) is 11.6 Å². The number of carboxylic acids is 1. The molecule has 0 saturated carbocycles. The van der Waals surface area contributed by atoms with Crippen molar-refractivity contribution in [1.29, 1.82) is 0 Å². The molecule has 0 aliphatic heterocycles. The van der Waals surface area contributed by atoms with Crippen LogP contribution in [0.2, 0.25) is 0 Å². The van der Waals surface area contributed by atoms with E-state index in [4.69, 9.17) is 19.3 Å². The highest BCUT2D eigenvalue weighted by atomic mass is 16.5. The Morgan fingerprint density at radius 3 is 2.33 bits per heavy atom. The Labute approximate surface area is 141 Å². The summed E-state index contributed by atoms with van der Waals surface area (Å²) in [4.78, 5) is 10.9. The summed E-state index contributed by atoms with van der Waals surface area (Å²) in [6.07, 6.45) is 1.13. The van der Waals surface area contributed by atoms with Crippen molar-refractivity contribution in [2.45, 2.75) is 13.5 Å². The van der Waals surface area contributed by atoms with Crippen LogP contribution >= 0.6 is 0 Å². The second-order valence-corrected chi connectivity index (χ2v) is 5.12. The first kappa shape index (κ1) is 17.4. The van der Waals surface area contributed by atoms with Gasteiger partial charge in [0.15, 0.2) is 11.5 Å². The number of allylic oxidation sites excluding steroid dienone is 1. The van der Waals surface area contributed by atoms with Crippen molar-refractivity contribution >= 4 is 11.5 Å². The number of hydrogen-bond acceptors (Lipinski definition) is 4. The Kier molecular flexibility index (Phi) is 5.84. The van der Waals surface area contributed by atoms with Gasteiger partial charge in [-0.1, -0.05) is 30.3 Å². The lowest BCUT2D eigenvalue weighted by atomic mass is 10.0. The second-order valence-electron chi connectivity index (χ2n) is 5.12. The van der Waals surface area contributed by atoms with Crippen molar-refractivity contribution < 1.29 is 24.1 Å². The molecule has 1 N–H and O–H groups in total. The molecule has 5 heteroatoms. The van der Waals surface area contributed by atoms with Crippen LogP contribution < -0.4 is 14.2 Å². The van der Waals surface area contributed by atoms with Gasteiger partial charge < -0.3 is 19.3 Å². The smallest absolute Gasteiger partial charge is 0.328 e. The Morgan fingerprint density at radius 2 is 1.75 bits per heavy atom. The minimum absolute atomic E-state index is 0.346. The van der Waals surface area contributed by atoms with Gasteiger partial charge in [0, 0.05) is 11.6 Å². The average Bonchev–Trinajstić information content (AvgIpc) is 2.59. The molecule has 126 valence electrons. The molecule has 0 spiro atoms. The molecule has 0 aliphatic carbocycles. The number of benzene rings is 2. The van der Waals surface area contributed by atoms with Gasteiger partial charge in [0.1, 0.15) is 6.61 Å². The average molecular weight is 328 g/mol. The maximum atomic E-state index is 10.9. The number of hydrogen-bond donors (Lipinski definition) is 1. The molecular formula is C19H20O5. The van der Waals surface area contributed by atoms with Gasteiger partial charge >= 0.3 is 5.97 Å². The van der Waals surface area contributed by atoms with Gasteiger partial charge in [0.2, 0.25) is 5.75 Å². The first-order valence-electron chi connectivity index (χ1n) is 7.40. The first-order valence-corrected chi connectivity index (χ1v) is 7.40. The summed E-state index contributed by atoms with van der Waals surface area (Å²) in [5.74, 6) is 0.395. The Balaban J connectivity index is 2.41. The van der Waals surface area contributed by atoms with E-state index in [1.54, 1.807) is 26.2 Å². The summed E-state index contributed by atoms with van der Waals surface area (Å²) in [6, 6.07) is 13.2. The van der Waals surface area contributed by atoms with E-state index >= 15 is 0 Å². The van der Waals surface area contributed by atoms with Crippen molar-refractivity contribution in [1.82, 2.24) is 0 Å². The first-order chi connectivity index (χ1) is 11.6. The maximum absolute atomic E-state index is 10.9. The zero-order valence-corrected chi connectivity index (χ0v) is 13.9. The molecule has 0 aliphatic rings. The third kappa shape index (κ3) is 4.07. The van der Waals surface area contributed by atoms with Crippen LogP contribution in [0, 0.1) is 0 Å². The highest BCUT2D eigenvalue weighted by Crippen LogP contribution is 2.42. The summed E-state index contributed by atoms with van der Waals surface area (Å²) < 4.78 is 16.7. The molecule has 5 nitrogen and oxygen atoms in total. The van der Waals surface area contributed by atoms with Crippen LogP contribution in [0.5, 0.6) is 17.2 Å². The Morgan fingerprint density at radius 1 is 1.04 bits per heavy atom. The minimum atomic E-state index is -1.02. The number of carboxylic acid groups (broad SMARTS) is 1. The van der Waals surface area contributed by atoms with E-state index in [1.165, 1.54) is 7.11 Å². The number of rotatable bonds is 7. The molecular weight excluding hydrogens is 308 g/mol. The molecule has 0 radical (unpaired) electrons. The largest absolute Gasteiger partial charge is 0.493 e. The van der Waals surface area contributed by atoms with Crippen LogP contribution in [-0.2, 0) is 11.4 Å². The molecule has 24 heavy (non-hydrogen) atoms. The third-order valence-electron chi connectivity index (χ3n) is 3.49. The highest BCUT2D eigenvalue weighted by molar-refractivity contribution is 5.91. The predicted octanol–water partition coefficient (Wildman–Crippen LogP) is 3.77. The van der Waals surface area contributed by atoms with E-state index in [9.17, 15) is 4.79 Å². The van der Waals surface area contributed by atoms with Gasteiger partial charge in [0.05, 0.1) is 14.2 Å². The van der Waals surface area contributed by atoms with Gasteiger partial charge in [-0.3, -0.25) is 0 Å². The number of carbonyl (C=O) groups is 1. The summed E-state index contributed by atoms with van der Waals surface area (Å²) in [5, 5.41) is 8.96. The van der Waals surface area contributed by atoms with E-state index in [0.29, 0.717) is 35.0 Å². The van der Waals surface area contributed by atoms with Gasteiger partial charge in [-0.15, -0.1) is 0 Å². The summed E-state index contributed by atoms with van der Waals surface area (Å²) >= 11 is 0. The number of methoxy groups -OCH3 is 2. The van der Waals surface area contributed by atoms with Crippen molar-refractivity contribution in [3.05, 3.63) is 59.7 Å². The monoisotopic (exact) mass is 328 g/mol. The van der Waals surface area contributed by atoms with E-state index in [1.807, 2.05) is 30.3 Å². The second kappa shape index (κ2) is 8.06. The summed E-state index contributed by atoms with van der Waals surface area (Å²) in [6.45, 7) is 2.05. The molecule has 0 heterocycles. The van der Waals surface area contributed by atoms with Crippen molar-refractivity contribution in [3.63, 3.8) is 0 Å². The number of aliphatic carboxylic acids is 1. The molecule has 0 atom stereocenters. The minimum Gasteiger partial charge on any atom is -0.493 e. The molecule has 0 bridgehead atoms. The van der Waals surface area contributed by atoms with Crippen molar-refractivity contribution in [2.75, 3.05) is 14.2 Å². The van der Waals surface area contributed by atoms with Crippen LogP contribution in [0.15, 0.2) is 48.5 Å². The fourth-order valence-corrected chi connectivity index (χ4v) is 2.35. The van der Waals surface area contributed by atoms with Crippen LogP contribution in [0.25, 0.3) is 5.57 Å². The third-order valence-corrected chi connectivity index (χ3v) is 3.49. The lowest BCUT2D eigenvalue weighted by Crippen LogP contribution is -2.02. The molecule has 0 fully saturated rings. The molecule has 0 amide bonds. The fraction of sp³-hybridized carbons (Fsp3) is 0.211. The Bertz CT molecular complexity index is 735. The molecule has 0 unspecified atom stereocenters. The fourth-order valence-electron chi connectivity index (χ4n) is 2.35. The SMILES string of the molecule is COc1ccc(C(C)=CC(=O)O)c(OC)c1OCc1ccccc1. The lowest BCUT2D eigenvalue weighted by Gasteiger charge is -2.17. The molecule has 0 aromatic heterocycles. The predicted molar refractivity (Wildman–Crippen MR) is 91.6 cm³/mol. The van der Waals surface area contributed by atoms with Crippen LogP contribution in [0.1, 0.15) is 18.1 Å². The van der Waals surface area contributed by atoms with Gasteiger partial charge in [0.25, 0.3) is 0 Å². The van der Waals surface area contributed by atoms with Crippen LogP contribution in [-0.4, -0.2) is 25.3 Å². The van der Waals surface area contributed by atoms with Crippen LogP contribution in [0.4, 0.5) is 0 Å². The zero-order chi connectivity index (χ0) is 17.5. The van der Waals surface area contributed by atoms with Crippen molar-refractivity contribution in [3.8, 4) is 17.2 Å².